The van der Waals surface area contributed by atoms with E-state index in [-0.39, 0.29) is 6.98 Å². The molecule has 0 saturated heterocycles. The van der Waals surface area contributed by atoms with Gasteiger partial charge in [-0.2, -0.15) is 0 Å². The molecule has 0 fully saturated rings. The molecule has 226 valence electrons. The van der Waals surface area contributed by atoms with E-state index in [1.54, 1.807) is 0 Å². The van der Waals surface area contributed by atoms with Crippen molar-refractivity contribution in [1.82, 2.24) is 29.0 Å². The predicted molar refractivity (Wildman–Crippen MR) is 185 cm³/mol. The third-order valence-corrected chi connectivity index (χ3v) is 9.24. The number of aromatic nitrogens is 6. The molecule has 1 aliphatic rings. The summed E-state index contributed by atoms with van der Waals surface area (Å²) in [4.78, 5) is 20.4. The molecule has 45 heavy (non-hydrogen) atoms. The van der Waals surface area contributed by atoms with Gasteiger partial charge in [0, 0.05) is 54.3 Å². The summed E-state index contributed by atoms with van der Waals surface area (Å²) in [6.07, 6.45) is 10.6. The average molecular weight is 594 g/mol. The second-order valence-electron chi connectivity index (χ2n) is 12.9. The predicted octanol–water partition coefficient (Wildman–Crippen LogP) is 7.27. The van der Waals surface area contributed by atoms with Gasteiger partial charge in [-0.3, -0.25) is 4.57 Å². The molecule has 0 atom stereocenters. The molecule has 0 bridgehead atoms. The minimum Gasteiger partial charge on any atom is -0.394 e. The monoisotopic (exact) mass is 593 g/mol. The number of benzene rings is 3. The van der Waals surface area contributed by atoms with Gasteiger partial charge in [-0.15, -0.1) is 0 Å². The highest BCUT2D eigenvalue weighted by Crippen LogP contribution is 2.37. The van der Waals surface area contributed by atoms with E-state index >= 15 is 0 Å². The van der Waals surface area contributed by atoms with Crippen LogP contribution in [0.15, 0.2) is 85.6 Å². The summed E-state index contributed by atoms with van der Waals surface area (Å²) in [7, 11) is 2.18. The molecule has 7 rings (SSSR count). The number of aromatic amines is 1. The molecular weight excluding hydrogens is 553 g/mol. The van der Waals surface area contributed by atoms with Crippen molar-refractivity contribution in [1.29, 1.82) is 0 Å². The number of anilines is 1. The van der Waals surface area contributed by atoms with E-state index in [4.69, 9.17) is 15.0 Å². The van der Waals surface area contributed by atoms with Crippen LogP contribution in [-0.2, 0) is 6.42 Å². The molecule has 1 N–H and O–H groups in total. The molecule has 0 amide bonds. The summed E-state index contributed by atoms with van der Waals surface area (Å²) >= 11 is 0. The molecule has 7 nitrogen and oxygen atoms in total. The Morgan fingerprint density at radius 3 is 2.18 bits per heavy atom. The first kappa shape index (κ1) is 28.9. The van der Waals surface area contributed by atoms with E-state index in [0.717, 1.165) is 35.2 Å². The fourth-order valence-electron chi connectivity index (χ4n) is 7.02. The van der Waals surface area contributed by atoms with Gasteiger partial charge in [0.25, 0.3) is 0 Å². The number of para-hydroxylation sites is 1. The number of imidazole rings is 3. The van der Waals surface area contributed by atoms with Crippen molar-refractivity contribution in [3.05, 3.63) is 119 Å². The van der Waals surface area contributed by atoms with Gasteiger partial charge in [0.05, 0.1) is 5.69 Å². The standard InChI is InChI=1S/C37H40BN7/c1-23(2)29-12-9-13-30(24(3)4)34(29)44-18-16-40-37(44)35-41-22-28(42-35)20-27-14-15-32-31(21-27)36-39-17-19-45(36)38(43(32)7)33-25(5)10-8-11-26(33)6/h8-19,21-24H,20H2,1-7H3,(H,41,42). The minimum absolute atomic E-state index is 0.0537. The van der Waals surface area contributed by atoms with Crippen LogP contribution in [0.25, 0.3) is 28.7 Å². The number of nitrogens with zero attached hydrogens (tertiary/aromatic N) is 6. The van der Waals surface area contributed by atoms with Crippen molar-refractivity contribution >= 4 is 18.1 Å². The number of hydrogen-bond donors (Lipinski definition) is 1. The van der Waals surface area contributed by atoms with Gasteiger partial charge < -0.3 is 14.3 Å². The highest BCUT2D eigenvalue weighted by Gasteiger charge is 2.36. The van der Waals surface area contributed by atoms with Crippen molar-refractivity contribution in [3.63, 3.8) is 0 Å². The first-order valence-corrected chi connectivity index (χ1v) is 15.9. The van der Waals surface area contributed by atoms with Crippen LogP contribution in [0.5, 0.6) is 0 Å². The summed E-state index contributed by atoms with van der Waals surface area (Å²) in [6.45, 7) is 13.4. The number of aryl methyl sites for hydroxylation is 2. The Morgan fingerprint density at radius 2 is 1.47 bits per heavy atom. The van der Waals surface area contributed by atoms with Crippen molar-refractivity contribution in [2.45, 2.75) is 59.8 Å². The third-order valence-electron chi connectivity index (χ3n) is 9.24. The molecule has 0 aliphatic carbocycles. The zero-order chi connectivity index (χ0) is 31.4. The van der Waals surface area contributed by atoms with Crippen molar-refractivity contribution in [3.8, 4) is 28.7 Å². The first-order chi connectivity index (χ1) is 21.7. The maximum Gasteiger partial charge on any atom is 0.417 e. The number of nitrogens with one attached hydrogen (secondary N) is 1. The third kappa shape index (κ3) is 4.89. The van der Waals surface area contributed by atoms with Gasteiger partial charge in [-0.05, 0) is 67.0 Å². The summed E-state index contributed by atoms with van der Waals surface area (Å²) in [5, 5.41) is 0. The number of H-pyrrole nitrogens is 1. The molecule has 8 heteroatoms. The molecular formula is C37H40BN7. The van der Waals surface area contributed by atoms with Gasteiger partial charge in [-0.25, -0.2) is 15.0 Å². The highest BCUT2D eigenvalue weighted by molar-refractivity contribution is 6.77. The van der Waals surface area contributed by atoms with Gasteiger partial charge in [0.2, 0.25) is 0 Å². The smallest absolute Gasteiger partial charge is 0.394 e. The summed E-state index contributed by atoms with van der Waals surface area (Å²) < 4.78 is 4.50. The minimum atomic E-state index is 0.0537. The van der Waals surface area contributed by atoms with Gasteiger partial charge in [0.15, 0.2) is 11.6 Å². The molecule has 0 unspecified atom stereocenters. The lowest BCUT2D eigenvalue weighted by Gasteiger charge is -2.36. The molecule has 4 heterocycles. The van der Waals surface area contributed by atoms with Gasteiger partial charge in [-0.1, -0.05) is 81.3 Å². The van der Waals surface area contributed by atoms with Gasteiger partial charge >= 0.3 is 6.98 Å². The fraction of sp³-hybridized carbons (Fsp3) is 0.270. The molecule has 0 spiro atoms. The second-order valence-corrected chi connectivity index (χ2v) is 12.9. The second kappa shape index (κ2) is 11.3. The summed E-state index contributed by atoms with van der Waals surface area (Å²) in [6, 6.07) is 19.9. The highest BCUT2D eigenvalue weighted by atomic mass is 15.2. The van der Waals surface area contributed by atoms with Crippen molar-refractivity contribution in [2.24, 2.45) is 0 Å². The van der Waals surface area contributed by atoms with E-state index in [0.29, 0.717) is 11.8 Å². The molecule has 0 saturated carbocycles. The molecule has 3 aromatic heterocycles. The van der Waals surface area contributed by atoms with Crippen LogP contribution in [0.2, 0.25) is 0 Å². The van der Waals surface area contributed by atoms with Crippen LogP contribution in [-0.4, -0.2) is 43.0 Å². The Balaban J connectivity index is 1.21. The Morgan fingerprint density at radius 1 is 0.800 bits per heavy atom. The lowest BCUT2D eigenvalue weighted by molar-refractivity contribution is 0.805. The fourth-order valence-corrected chi connectivity index (χ4v) is 7.02. The van der Waals surface area contributed by atoms with E-state index in [1.165, 1.54) is 44.7 Å². The van der Waals surface area contributed by atoms with Crippen LogP contribution in [0.1, 0.15) is 73.0 Å². The quantitative estimate of drug-likeness (QED) is 0.198. The van der Waals surface area contributed by atoms with Crippen LogP contribution < -0.4 is 10.3 Å². The van der Waals surface area contributed by atoms with E-state index in [1.807, 2.05) is 18.6 Å². The zero-order valence-electron chi connectivity index (χ0n) is 27.2. The summed E-state index contributed by atoms with van der Waals surface area (Å²) in [5.74, 6) is 3.36. The topological polar surface area (TPSA) is 67.6 Å². The normalized spacial score (nSPS) is 12.7. The van der Waals surface area contributed by atoms with Crippen LogP contribution in [0, 0.1) is 13.8 Å². The SMILES string of the molecule is Cc1cccc(C)c1B1N(C)c2ccc(Cc3cnc(-c4nccn4-c4c(C(C)C)cccc4C(C)C)[nH]3)cc2-c2nccn21. The lowest BCUT2D eigenvalue weighted by Crippen LogP contribution is -2.56. The van der Waals surface area contributed by atoms with Gasteiger partial charge in [0.1, 0.15) is 5.82 Å². The first-order valence-electron chi connectivity index (χ1n) is 15.9. The van der Waals surface area contributed by atoms with E-state index in [9.17, 15) is 0 Å². The summed E-state index contributed by atoms with van der Waals surface area (Å²) in [5.41, 5.74) is 12.3. The number of rotatable bonds is 7. The lowest BCUT2D eigenvalue weighted by atomic mass is 9.60. The van der Waals surface area contributed by atoms with Crippen molar-refractivity contribution in [2.75, 3.05) is 11.9 Å². The average Bonchev–Trinajstić information content (AvgIpc) is 3.79. The van der Waals surface area contributed by atoms with Crippen LogP contribution in [0.3, 0.4) is 0 Å². The zero-order valence-corrected chi connectivity index (χ0v) is 27.2. The van der Waals surface area contributed by atoms with E-state index < -0.39 is 0 Å². The maximum atomic E-state index is 4.84. The Bertz CT molecular complexity index is 1960. The molecule has 0 radical (unpaired) electrons. The van der Waals surface area contributed by atoms with Crippen LogP contribution >= 0.6 is 0 Å². The number of fused-ring (bicyclic) bond motifs is 3. The molecule has 6 aromatic rings. The van der Waals surface area contributed by atoms with E-state index in [2.05, 4.69) is 134 Å². The van der Waals surface area contributed by atoms with Crippen molar-refractivity contribution < 1.29 is 0 Å². The molecule has 1 aliphatic heterocycles. The Labute approximate surface area is 266 Å². The number of hydrogen-bond acceptors (Lipinski definition) is 4. The van der Waals surface area contributed by atoms with Crippen LogP contribution in [0.4, 0.5) is 5.69 Å². The maximum absolute atomic E-state index is 4.84. The molecule has 3 aromatic carbocycles. The Hall–Kier alpha value is -4.85. The Kier molecular flexibility index (Phi) is 7.23. The largest absolute Gasteiger partial charge is 0.417 e.